The van der Waals surface area contributed by atoms with Gasteiger partial charge in [-0.25, -0.2) is 0 Å². The maximum absolute atomic E-state index is 12.0. The predicted octanol–water partition coefficient (Wildman–Crippen LogP) is 1.28. The molecule has 0 aliphatic heterocycles. The third-order valence-corrected chi connectivity index (χ3v) is 2.99. The minimum Gasteiger partial charge on any atom is -0.428 e. The van der Waals surface area contributed by atoms with Gasteiger partial charge >= 0.3 is 0 Å². The van der Waals surface area contributed by atoms with Gasteiger partial charge in [0, 0.05) is 17.4 Å². The fourth-order valence-electron chi connectivity index (χ4n) is 2.26. The monoisotopic (exact) mass is 203 g/mol. The highest BCUT2D eigenvalue weighted by Gasteiger charge is 2.28. The molecule has 4 nitrogen and oxygen atoms in total. The van der Waals surface area contributed by atoms with E-state index in [-0.39, 0.29) is 0 Å². The molecule has 0 amide bonds. The molecule has 2 aromatic rings. The molecular weight excluding hydrogens is 192 g/mol. The second-order valence-corrected chi connectivity index (χ2v) is 3.84. The van der Waals surface area contributed by atoms with Crippen molar-refractivity contribution in [1.82, 2.24) is 4.73 Å². The van der Waals surface area contributed by atoms with Crippen molar-refractivity contribution in [3.05, 3.63) is 40.6 Å². The Labute approximate surface area is 86.0 Å². The molecule has 3 rings (SSSR count). The molecule has 0 atom stereocenters. The van der Waals surface area contributed by atoms with Crippen LogP contribution in [0.5, 0.6) is 0 Å². The standard InChI is InChI=1S/C11H11N2O2/c14-12-8-4-1-2-5-9(8)13(15)11-7-3-6-10(11)12/h1-2,4-5,14H,3,6-7H2/q+1. The number of aromatic nitrogens is 2. The van der Waals surface area contributed by atoms with Crippen LogP contribution in [0.15, 0.2) is 24.3 Å². The van der Waals surface area contributed by atoms with Crippen LogP contribution >= 0.6 is 0 Å². The van der Waals surface area contributed by atoms with Gasteiger partial charge < -0.3 is 5.21 Å². The fourth-order valence-corrected chi connectivity index (χ4v) is 2.26. The second kappa shape index (κ2) is 2.82. The maximum Gasteiger partial charge on any atom is 0.290 e. The van der Waals surface area contributed by atoms with E-state index < -0.39 is 0 Å². The van der Waals surface area contributed by atoms with Gasteiger partial charge in [-0.2, -0.15) is 4.73 Å². The minimum atomic E-state index is 0.528. The molecule has 0 bridgehead atoms. The third kappa shape index (κ3) is 1.02. The van der Waals surface area contributed by atoms with E-state index >= 15 is 0 Å². The molecule has 0 saturated carbocycles. The summed E-state index contributed by atoms with van der Waals surface area (Å²) >= 11 is 0. The van der Waals surface area contributed by atoms with Crippen LogP contribution < -0.4 is 4.43 Å². The summed E-state index contributed by atoms with van der Waals surface area (Å²) in [5.41, 5.74) is 2.56. The minimum absolute atomic E-state index is 0.528. The van der Waals surface area contributed by atoms with Crippen molar-refractivity contribution in [2.24, 2.45) is 0 Å². The average molecular weight is 203 g/mol. The summed E-state index contributed by atoms with van der Waals surface area (Å²) < 4.78 is 2.11. The zero-order valence-electron chi connectivity index (χ0n) is 8.18. The molecule has 4 heteroatoms. The highest BCUT2D eigenvalue weighted by atomic mass is 16.5. The summed E-state index contributed by atoms with van der Waals surface area (Å²) in [4.78, 5) is 12.0. The number of fused-ring (bicyclic) bond motifs is 2. The lowest BCUT2D eigenvalue weighted by atomic mass is 10.2. The first-order valence-electron chi connectivity index (χ1n) is 5.06. The van der Waals surface area contributed by atoms with Gasteiger partial charge in [0.05, 0.1) is 4.43 Å². The van der Waals surface area contributed by atoms with Crippen LogP contribution in [0.1, 0.15) is 17.8 Å². The van der Waals surface area contributed by atoms with Gasteiger partial charge in [0.2, 0.25) is 0 Å². The normalized spacial score (nSPS) is 14.4. The van der Waals surface area contributed by atoms with E-state index in [1.807, 2.05) is 6.07 Å². The predicted molar refractivity (Wildman–Crippen MR) is 54.5 cm³/mol. The Morgan fingerprint density at radius 2 is 2.07 bits per heavy atom. The number of para-hydroxylation sites is 2. The van der Waals surface area contributed by atoms with Crippen molar-refractivity contribution in [1.29, 1.82) is 0 Å². The first kappa shape index (κ1) is 8.47. The molecule has 15 heavy (non-hydrogen) atoms. The molecule has 1 aromatic carbocycles. The van der Waals surface area contributed by atoms with Crippen LogP contribution in [-0.4, -0.2) is 9.94 Å². The van der Waals surface area contributed by atoms with Crippen LogP contribution in [0.25, 0.3) is 11.0 Å². The maximum atomic E-state index is 12.0. The topological polar surface area (TPSA) is 48.1 Å². The van der Waals surface area contributed by atoms with Gasteiger partial charge in [-0.3, -0.25) is 0 Å². The molecule has 1 heterocycles. The average Bonchev–Trinajstić information content (AvgIpc) is 2.75. The van der Waals surface area contributed by atoms with Crippen LogP contribution in [0.2, 0.25) is 0 Å². The first-order valence-corrected chi connectivity index (χ1v) is 5.06. The summed E-state index contributed by atoms with van der Waals surface area (Å²) in [5.74, 6) is 0. The van der Waals surface area contributed by atoms with Gasteiger partial charge in [0.1, 0.15) is 5.69 Å². The lowest BCUT2D eigenvalue weighted by molar-refractivity contribution is -0.475. The quantitative estimate of drug-likeness (QED) is 0.518. The summed E-state index contributed by atoms with van der Waals surface area (Å²) in [5, 5.41) is 9.96. The summed E-state index contributed by atoms with van der Waals surface area (Å²) in [6, 6.07) is 7.10. The zero-order valence-corrected chi connectivity index (χ0v) is 8.18. The molecule has 1 aromatic heterocycles. The Morgan fingerprint density at radius 1 is 1.27 bits per heavy atom. The van der Waals surface area contributed by atoms with E-state index in [4.69, 9.17) is 0 Å². The Bertz CT molecular complexity index is 601. The Hall–Kier alpha value is -1.84. The van der Waals surface area contributed by atoms with E-state index in [0.717, 1.165) is 34.1 Å². The van der Waals surface area contributed by atoms with Crippen LogP contribution in [0.3, 0.4) is 0 Å². The summed E-state index contributed by atoms with van der Waals surface area (Å²) in [6.07, 6.45) is 2.47. The van der Waals surface area contributed by atoms with Gasteiger partial charge in [-0.15, -0.1) is 0 Å². The second-order valence-electron chi connectivity index (χ2n) is 3.84. The van der Waals surface area contributed by atoms with Gasteiger partial charge in [0.25, 0.3) is 11.2 Å². The van der Waals surface area contributed by atoms with Crippen molar-refractivity contribution >= 4 is 11.0 Å². The Kier molecular flexibility index (Phi) is 1.59. The molecular formula is C11H11N2O2+. The molecule has 0 spiro atoms. The lowest BCUT2D eigenvalue weighted by Crippen LogP contribution is -2.25. The summed E-state index contributed by atoms with van der Waals surface area (Å²) in [6.45, 7) is 0. The Balaban J connectivity index is 2.57. The van der Waals surface area contributed by atoms with Crippen molar-refractivity contribution < 1.29 is 9.63 Å². The van der Waals surface area contributed by atoms with Crippen LogP contribution in [-0.2, 0) is 12.8 Å². The number of nitrogens with zero attached hydrogens (tertiary/aromatic N) is 2. The smallest absolute Gasteiger partial charge is 0.290 e. The van der Waals surface area contributed by atoms with Crippen LogP contribution in [0.4, 0.5) is 0 Å². The number of benzene rings is 1. The molecule has 1 aliphatic carbocycles. The zero-order chi connectivity index (χ0) is 10.4. The number of rotatable bonds is 0. The largest absolute Gasteiger partial charge is 0.428 e. The highest BCUT2D eigenvalue weighted by molar-refractivity contribution is 5.71. The van der Waals surface area contributed by atoms with Gasteiger partial charge in [-0.1, -0.05) is 12.1 Å². The van der Waals surface area contributed by atoms with Crippen molar-refractivity contribution in [2.75, 3.05) is 0 Å². The number of hydrogen-bond acceptors (Lipinski definition) is 2. The lowest BCUT2D eigenvalue weighted by Gasteiger charge is -2.03. The highest BCUT2D eigenvalue weighted by Crippen LogP contribution is 2.21. The third-order valence-electron chi connectivity index (χ3n) is 2.99. The molecule has 1 N–H and O–H groups in total. The molecule has 76 valence electrons. The SMILES string of the molecule is O=[n+]1c2c(n(O)c3ccccc31)CCC2. The van der Waals surface area contributed by atoms with E-state index in [2.05, 4.69) is 0 Å². The molecule has 0 unspecified atom stereocenters. The van der Waals surface area contributed by atoms with Crippen LogP contribution in [0, 0.1) is 4.91 Å². The molecule has 1 aliphatic rings. The van der Waals surface area contributed by atoms with Crippen molar-refractivity contribution in [2.45, 2.75) is 19.3 Å². The summed E-state index contributed by atoms with van der Waals surface area (Å²) in [7, 11) is 0. The van der Waals surface area contributed by atoms with Crippen molar-refractivity contribution in [3.63, 3.8) is 0 Å². The molecule has 0 fully saturated rings. The fraction of sp³-hybridized carbons (Fsp3) is 0.273. The van der Waals surface area contributed by atoms with E-state index in [1.54, 1.807) is 18.2 Å². The first-order chi connectivity index (χ1) is 7.29. The Morgan fingerprint density at radius 3 is 2.93 bits per heavy atom. The molecule has 0 radical (unpaired) electrons. The van der Waals surface area contributed by atoms with Crippen molar-refractivity contribution in [3.8, 4) is 0 Å². The van der Waals surface area contributed by atoms with E-state index in [9.17, 15) is 10.1 Å². The van der Waals surface area contributed by atoms with Gasteiger partial charge in [-0.05, 0) is 18.9 Å². The number of hydrogen-bond donors (Lipinski definition) is 1. The van der Waals surface area contributed by atoms with E-state index in [1.165, 1.54) is 0 Å². The van der Waals surface area contributed by atoms with Gasteiger partial charge in [0.15, 0.2) is 5.52 Å². The van der Waals surface area contributed by atoms with E-state index in [0.29, 0.717) is 16.7 Å². The molecule has 0 saturated heterocycles.